The lowest BCUT2D eigenvalue weighted by Gasteiger charge is -2.38. The number of H-pyrrole nitrogens is 1. The van der Waals surface area contributed by atoms with Crippen LogP contribution >= 0.6 is 0 Å². The standard InChI is InChI=1S/C18H19NO/c1-10-8-12-15(18(2,3)9-10)17(20)14-11-6-4-5-7-13(11)19-16(12)14/h4-8,12,15,19H,9H2,1-3H3/t12-,15+/m0/s1. The van der Waals surface area contributed by atoms with Gasteiger partial charge in [-0.3, -0.25) is 4.79 Å². The van der Waals surface area contributed by atoms with E-state index in [0.29, 0.717) is 5.78 Å². The molecule has 0 radical (unpaired) electrons. The number of nitrogens with one attached hydrogen (secondary N) is 1. The van der Waals surface area contributed by atoms with Crippen molar-refractivity contribution in [1.82, 2.24) is 4.98 Å². The number of aromatic amines is 1. The number of ketones is 1. The monoisotopic (exact) mass is 265 g/mol. The van der Waals surface area contributed by atoms with Crippen LogP contribution in [0.25, 0.3) is 10.9 Å². The van der Waals surface area contributed by atoms with Crippen molar-refractivity contribution >= 4 is 16.7 Å². The molecule has 1 aromatic carbocycles. The first-order valence-electron chi connectivity index (χ1n) is 7.31. The van der Waals surface area contributed by atoms with Crippen LogP contribution in [0.15, 0.2) is 35.9 Å². The van der Waals surface area contributed by atoms with E-state index in [4.69, 9.17) is 0 Å². The van der Waals surface area contributed by atoms with Crippen LogP contribution in [0.5, 0.6) is 0 Å². The van der Waals surface area contributed by atoms with Gasteiger partial charge in [-0.05, 0) is 24.8 Å². The Morgan fingerprint density at radius 3 is 2.80 bits per heavy atom. The first-order valence-corrected chi connectivity index (χ1v) is 7.31. The first-order chi connectivity index (χ1) is 9.49. The molecule has 4 rings (SSSR count). The topological polar surface area (TPSA) is 32.9 Å². The van der Waals surface area contributed by atoms with Crippen LogP contribution in [-0.4, -0.2) is 10.8 Å². The van der Waals surface area contributed by atoms with Gasteiger partial charge in [0.1, 0.15) is 0 Å². The van der Waals surface area contributed by atoms with Crippen LogP contribution in [-0.2, 0) is 0 Å². The van der Waals surface area contributed by atoms with E-state index < -0.39 is 0 Å². The van der Waals surface area contributed by atoms with Gasteiger partial charge in [-0.25, -0.2) is 0 Å². The summed E-state index contributed by atoms with van der Waals surface area (Å²) >= 11 is 0. The molecule has 2 heteroatoms. The zero-order valence-corrected chi connectivity index (χ0v) is 12.2. The van der Waals surface area contributed by atoms with Gasteiger partial charge in [0.2, 0.25) is 0 Å². The number of Topliss-reactive ketones (excluding diaryl/α,β-unsaturated/α-hetero) is 1. The minimum absolute atomic E-state index is 0.0432. The second kappa shape index (κ2) is 3.63. The summed E-state index contributed by atoms with van der Waals surface area (Å²) in [5, 5.41) is 1.09. The highest BCUT2D eigenvalue weighted by molar-refractivity contribution is 6.13. The van der Waals surface area contributed by atoms with Crippen LogP contribution in [0, 0.1) is 11.3 Å². The van der Waals surface area contributed by atoms with Gasteiger partial charge < -0.3 is 4.98 Å². The number of rotatable bonds is 0. The maximum Gasteiger partial charge on any atom is 0.169 e. The summed E-state index contributed by atoms with van der Waals surface area (Å²) in [6.07, 6.45) is 3.32. The summed E-state index contributed by atoms with van der Waals surface area (Å²) in [6, 6.07) is 8.14. The highest BCUT2D eigenvalue weighted by Crippen LogP contribution is 2.54. The smallest absolute Gasteiger partial charge is 0.169 e. The molecule has 102 valence electrons. The number of hydrogen-bond donors (Lipinski definition) is 1. The van der Waals surface area contributed by atoms with Crippen molar-refractivity contribution < 1.29 is 4.79 Å². The van der Waals surface area contributed by atoms with Crippen LogP contribution in [0.2, 0.25) is 0 Å². The summed E-state index contributed by atoms with van der Waals surface area (Å²) in [5.41, 5.74) is 4.60. The lowest BCUT2D eigenvalue weighted by atomic mass is 9.65. The predicted molar refractivity (Wildman–Crippen MR) is 81.0 cm³/mol. The average Bonchev–Trinajstić information content (AvgIpc) is 2.86. The molecule has 0 bridgehead atoms. The van der Waals surface area contributed by atoms with E-state index in [1.54, 1.807) is 0 Å². The molecule has 2 aromatic rings. The summed E-state index contributed by atoms with van der Waals surface area (Å²) in [6.45, 7) is 6.64. The molecule has 2 atom stereocenters. The second-order valence-electron chi connectivity index (χ2n) is 7.01. The summed E-state index contributed by atoms with van der Waals surface area (Å²) < 4.78 is 0. The molecule has 1 N–H and O–H groups in total. The number of allylic oxidation sites excluding steroid dienone is 2. The molecule has 20 heavy (non-hydrogen) atoms. The van der Waals surface area contributed by atoms with Crippen LogP contribution < -0.4 is 0 Å². The van der Waals surface area contributed by atoms with Crippen molar-refractivity contribution in [1.29, 1.82) is 0 Å². The van der Waals surface area contributed by atoms with Gasteiger partial charge in [-0.1, -0.05) is 43.7 Å². The van der Waals surface area contributed by atoms with E-state index >= 15 is 0 Å². The molecule has 0 unspecified atom stereocenters. The fourth-order valence-corrected chi connectivity index (χ4v) is 4.38. The maximum atomic E-state index is 13.0. The van der Waals surface area contributed by atoms with E-state index in [1.165, 1.54) is 5.57 Å². The third-order valence-corrected chi connectivity index (χ3v) is 5.00. The Kier molecular flexibility index (Phi) is 2.17. The molecular formula is C18H19NO. The van der Waals surface area contributed by atoms with E-state index in [-0.39, 0.29) is 17.3 Å². The van der Waals surface area contributed by atoms with Crippen molar-refractivity contribution in [3.63, 3.8) is 0 Å². The highest BCUT2D eigenvalue weighted by Gasteiger charge is 2.50. The molecule has 0 saturated carbocycles. The van der Waals surface area contributed by atoms with Gasteiger partial charge in [-0.2, -0.15) is 0 Å². The number of carbonyl (C=O) groups is 1. The normalized spacial score (nSPS) is 27.4. The fraction of sp³-hybridized carbons (Fsp3) is 0.389. The predicted octanol–water partition coefficient (Wildman–Crippen LogP) is 4.44. The van der Waals surface area contributed by atoms with E-state index in [2.05, 4.69) is 44.0 Å². The number of para-hydroxylation sites is 1. The van der Waals surface area contributed by atoms with Gasteiger partial charge in [-0.15, -0.1) is 0 Å². The molecule has 0 amide bonds. The number of hydrogen-bond acceptors (Lipinski definition) is 1. The molecule has 0 aliphatic heterocycles. The summed E-state index contributed by atoms with van der Waals surface area (Å²) in [4.78, 5) is 16.5. The van der Waals surface area contributed by atoms with Gasteiger partial charge in [0.05, 0.1) is 0 Å². The molecule has 2 nitrogen and oxygen atoms in total. The number of carbonyl (C=O) groups excluding carboxylic acids is 1. The number of fused-ring (bicyclic) bond motifs is 5. The van der Waals surface area contributed by atoms with Crippen LogP contribution in [0.4, 0.5) is 0 Å². The first kappa shape index (κ1) is 12.0. The third-order valence-electron chi connectivity index (χ3n) is 5.00. The van der Waals surface area contributed by atoms with Crippen molar-refractivity contribution in [2.75, 3.05) is 0 Å². The van der Waals surface area contributed by atoms with Crippen LogP contribution in [0.3, 0.4) is 0 Å². The van der Waals surface area contributed by atoms with E-state index in [0.717, 1.165) is 28.6 Å². The van der Waals surface area contributed by atoms with Gasteiger partial charge in [0, 0.05) is 34.0 Å². The maximum absolute atomic E-state index is 13.0. The van der Waals surface area contributed by atoms with Gasteiger partial charge in [0.15, 0.2) is 5.78 Å². The van der Waals surface area contributed by atoms with E-state index in [1.807, 2.05) is 12.1 Å². The quantitative estimate of drug-likeness (QED) is 0.702. The van der Waals surface area contributed by atoms with Crippen molar-refractivity contribution in [2.24, 2.45) is 11.3 Å². The lowest BCUT2D eigenvalue weighted by molar-refractivity contribution is 0.0791. The average molecular weight is 265 g/mol. The van der Waals surface area contributed by atoms with E-state index in [9.17, 15) is 4.79 Å². The Labute approximate surface area is 118 Å². The number of benzene rings is 1. The molecule has 2 aliphatic rings. The molecule has 0 fully saturated rings. The van der Waals surface area contributed by atoms with Crippen molar-refractivity contribution in [3.05, 3.63) is 47.2 Å². The summed E-state index contributed by atoms with van der Waals surface area (Å²) in [7, 11) is 0. The lowest BCUT2D eigenvalue weighted by Crippen LogP contribution is -2.34. The fourth-order valence-electron chi connectivity index (χ4n) is 4.38. The Morgan fingerprint density at radius 2 is 2.00 bits per heavy atom. The largest absolute Gasteiger partial charge is 0.357 e. The van der Waals surface area contributed by atoms with Gasteiger partial charge >= 0.3 is 0 Å². The SMILES string of the molecule is CC1=C[C@@H]2c3[nH]c4ccccc4c3C(=O)[C@@H]2C(C)(C)C1. The van der Waals surface area contributed by atoms with Crippen LogP contribution in [0.1, 0.15) is 49.2 Å². The zero-order chi connectivity index (χ0) is 14.1. The third kappa shape index (κ3) is 1.37. The Morgan fingerprint density at radius 1 is 1.25 bits per heavy atom. The van der Waals surface area contributed by atoms with Gasteiger partial charge in [0.25, 0.3) is 0 Å². The molecule has 1 aromatic heterocycles. The molecule has 1 heterocycles. The Hall–Kier alpha value is -1.83. The van der Waals surface area contributed by atoms with Crippen molar-refractivity contribution in [2.45, 2.75) is 33.1 Å². The molecule has 0 spiro atoms. The minimum Gasteiger partial charge on any atom is -0.357 e. The molecule has 0 saturated heterocycles. The molecular weight excluding hydrogens is 246 g/mol. The highest BCUT2D eigenvalue weighted by atomic mass is 16.1. The Balaban J connectivity index is 2.01. The molecule has 2 aliphatic carbocycles. The zero-order valence-electron chi connectivity index (χ0n) is 12.2. The van der Waals surface area contributed by atoms with Crippen molar-refractivity contribution in [3.8, 4) is 0 Å². The summed E-state index contributed by atoms with van der Waals surface area (Å²) in [5.74, 6) is 0.655. The second-order valence-corrected chi connectivity index (χ2v) is 7.01. The minimum atomic E-state index is 0.0432. The Bertz CT molecular complexity index is 763. The number of aromatic nitrogens is 1.